The average Bonchev–Trinajstić information content (AvgIpc) is 3.98. The van der Waals surface area contributed by atoms with Crippen molar-refractivity contribution in [3.8, 4) is 0 Å². The molecule has 0 bridgehead atoms. The molecule has 2 aliphatic rings. The Balaban J connectivity index is 1.75. The van der Waals surface area contributed by atoms with E-state index in [0.717, 1.165) is 6.42 Å². The number of aromatic amines is 1. The normalized spacial score (nSPS) is 19.1. The van der Waals surface area contributed by atoms with Crippen LogP contribution in [0.15, 0.2) is 12.5 Å². The molecule has 6 amide bonds. The molecule has 3 rings (SSSR count). The van der Waals surface area contributed by atoms with Gasteiger partial charge in [0.1, 0.15) is 36.3 Å². The van der Waals surface area contributed by atoms with E-state index < -0.39 is 96.8 Å². The van der Waals surface area contributed by atoms with Crippen molar-refractivity contribution in [2.45, 2.75) is 127 Å². The van der Waals surface area contributed by atoms with E-state index in [0.29, 0.717) is 50.9 Å². The van der Waals surface area contributed by atoms with E-state index in [9.17, 15) is 53.7 Å². The number of amides is 6. The fraction of sp³-hybridized carbons (Fsp3) is 0.694. The topological polar surface area (TPSA) is 327 Å². The Labute approximate surface area is 330 Å². The first-order chi connectivity index (χ1) is 27.1. The van der Waals surface area contributed by atoms with Gasteiger partial charge in [-0.3, -0.25) is 33.6 Å². The molecule has 7 atom stereocenters. The van der Waals surface area contributed by atoms with E-state index in [4.69, 9.17) is 5.73 Å². The second-order valence-electron chi connectivity index (χ2n) is 14.8. The van der Waals surface area contributed by atoms with E-state index >= 15 is 0 Å². The van der Waals surface area contributed by atoms with Gasteiger partial charge in [0.15, 0.2) is 0 Å². The molecule has 318 valence electrons. The standard InChI is InChI=1S/C36H58N10O11/c1-20(2)15-26(36(56)57)44-32(52)25(16-21-17-38-19-40-21)43-33(53)27(18-47)45-30(50)22(7-3-4-12-37)41-31(51)23(10-11-29(48)49)42-34(54)28-9-6-14-46(28)35(55)24-8-5-13-39-24/h17,19-20,22-28,39,47H,3-16,18,37H2,1-2H3,(H,38,40)(H,41,51)(H,42,54)(H,43,53)(H,44,52)(H,45,50)(H,48,49)(H,56,57)/t22-,23-,24-,25-,26-,27-,28-/m0/s1. The van der Waals surface area contributed by atoms with Crippen LogP contribution in [0.4, 0.5) is 0 Å². The second-order valence-corrected chi connectivity index (χ2v) is 14.8. The van der Waals surface area contributed by atoms with Gasteiger partial charge in [0, 0.05) is 31.3 Å². The number of unbranched alkanes of at least 4 members (excludes halogenated alkanes) is 1. The minimum atomic E-state index is -1.64. The number of likely N-dealkylation sites (tertiary alicyclic amines) is 1. The van der Waals surface area contributed by atoms with Gasteiger partial charge < -0.3 is 62.8 Å². The lowest BCUT2D eigenvalue weighted by molar-refractivity contribution is -0.143. The van der Waals surface area contributed by atoms with Crippen LogP contribution in [0.2, 0.25) is 0 Å². The summed E-state index contributed by atoms with van der Waals surface area (Å²) < 4.78 is 0. The number of aromatic nitrogens is 2. The number of nitrogens with zero attached hydrogens (tertiary/aromatic N) is 2. The predicted octanol–water partition coefficient (Wildman–Crippen LogP) is -2.76. The van der Waals surface area contributed by atoms with Crippen molar-refractivity contribution in [1.82, 2.24) is 46.8 Å². The molecule has 2 aliphatic heterocycles. The number of aliphatic hydroxyl groups excluding tert-OH is 1. The summed E-state index contributed by atoms with van der Waals surface area (Å²) in [5, 5.41) is 44.8. The van der Waals surface area contributed by atoms with E-state index in [-0.39, 0.29) is 44.1 Å². The number of nitrogens with two attached hydrogens (primary N) is 1. The third-order valence-electron chi connectivity index (χ3n) is 9.81. The fourth-order valence-electron chi connectivity index (χ4n) is 6.77. The van der Waals surface area contributed by atoms with Crippen LogP contribution >= 0.6 is 0 Å². The molecule has 0 saturated carbocycles. The summed E-state index contributed by atoms with van der Waals surface area (Å²) in [6.07, 6.45) is 4.99. The molecule has 0 unspecified atom stereocenters. The first-order valence-corrected chi connectivity index (χ1v) is 19.4. The molecule has 3 heterocycles. The quantitative estimate of drug-likeness (QED) is 0.0472. The zero-order chi connectivity index (χ0) is 42.1. The van der Waals surface area contributed by atoms with Crippen LogP contribution in [0.5, 0.6) is 0 Å². The van der Waals surface area contributed by atoms with Crippen molar-refractivity contribution >= 4 is 47.4 Å². The number of carbonyl (C=O) groups excluding carboxylic acids is 6. The third-order valence-corrected chi connectivity index (χ3v) is 9.81. The Morgan fingerprint density at radius 1 is 0.842 bits per heavy atom. The molecule has 1 aromatic heterocycles. The SMILES string of the molecule is CC(C)C[C@H](NC(=O)[C@H](Cc1cnc[nH]1)NC(=O)[C@H](CO)NC(=O)[C@H](CCCCN)NC(=O)[C@H](CCC(=O)O)NC(=O)[C@@H]1CCCN1C(=O)[C@@H]1CCCN1)C(=O)O. The predicted molar refractivity (Wildman–Crippen MR) is 202 cm³/mol. The van der Waals surface area contributed by atoms with E-state index in [1.807, 2.05) is 0 Å². The summed E-state index contributed by atoms with van der Waals surface area (Å²) in [5.41, 5.74) is 6.06. The smallest absolute Gasteiger partial charge is 0.326 e. The van der Waals surface area contributed by atoms with Crippen LogP contribution < -0.4 is 37.6 Å². The van der Waals surface area contributed by atoms with Crippen LogP contribution in [0.25, 0.3) is 0 Å². The monoisotopic (exact) mass is 806 g/mol. The highest BCUT2D eigenvalue weighted by Gasteiger charge is 2.40. The van der Waals surface area contributed by atoms with Gasteiger partial charge in [-0.15, -0.1) is 0 Å². The first-order valence-electron chi connectivity index (χ1n) is 19.4. The van der Waals surface area contributed by atoms with Crippen molar-refractivity contribution in [3.63, 3.8) is 0 Å². The Bertz CT molecular complexity index is 1540. The zero-order valence-electron chi connectivity index (χ0n) is 32.5. The summed E-state index contributed by atoms with van der Waals surface area (Å²) in [7, 11) is 0. The zero-order valence-corrected chi connectivity index (χ0v) is 32.5. The fourth-order valence-corrected chi connectivity index (χ4v) is 6.77. The highest BCUT2D eigenvalue weighted by molar-refractivity contribution is 5.97. The number of nitrogens with one attached hydrogen (secondary N) is 7. The van der Waals surface area contributed by atoms with Crippen molar-refractivity contribution in [3.05, 3.63) is 18.2 Å². The van der Waals surface area contributed by atoms with E-state index in [1.165, 1.54) is 17.4 Å². The van der Waals surface area contributed by atoms with Gasteiger partial charge >= 0.3 is 11.9 Å². The van der Waals surface area contributed by atoms with Crippen molar-refractivity contribution in [1.29, 1.82) is 0 Å². The van der Waals surface area contributed by atoms with E-state index in [2.05, 4.69) is 41.9 Å². The van der Waals surface area contributed by atoms with Crippen LogP contribution in [0, 0.1) is 5.92 Å². The molecule has 0 aromatic carbocycles. The maximum Gasteiger partial charge on any atom is 0.326 e. The van der Waals surface area contributed by atoms with Crippen molar-refractivity contribution < 1.29 is 53.7 Å². The summed E-state index contributed by atoms with van der Waals surface area (Å²) in [6, 6.07) is -8.32. The third kappa shape index (κ3) is 14.7. The number of imidazole rings is 1. The molecule has 0 radical (unpaired) electrons. The maximum absolute atomic E-state index is 13.7. The van der Waals surface area contributed by atoms with Crippen LogP contribution in [0.3, 0.4) is 0 Å². The summed E-state index contributed by atoms with van der Waals surface area (Å²) in [6.45, 7) is 3.91. The van der Waals surface area contributed by atoms with Crippen molar-refractivity contribution in [2.75, 3.05) is 26.2 Å². The van der Waals surface area contributed by atoms with Gasteiger partial charge in [0.2, 0.25) is 35.4 Å². The Morgan fingerprint density at radius 2 is 1.47 bits per heavy atom. The molecule has 21 heteroatoms. The largest absolute Gasteiger partial charge is 0.481 e. The van der Waals surface area contributed by atoms with Gasteiger partial charge in [-0.05, 0) is 76.8 Å². The molecule has 57 heavy (non-hydrogen) atoms. The number of carbonyl (C=O) groups is 8. The number of hydrogen-bond donors (Lipinski definition) is 11. The molecule has 12 N–H and O–H groups in total. The minimum absolute atomic E-state index is 0.00468. The van der Waals surface area contributed by atoms with Crippen LogP contribution in [-0.2, 0) is 44.8 Å². The Kier molecular flexibility index (Phi) is 18.8. The summed E-state index contributed by atoms with van der Waals surface area (Å²) in [5.74, 6) is -7.09. The molecular formula is C36H58N10O11. The number of hydrogen-bond acceptors (Lipinski definition) is 12. The maximum atomic E-state index is 13.7. The summed E-state index contributed by atoms with van der Waals surface area (Å²) in [4.78, 5) is 112. The molecule has 0 spiro atoms. The van der Waals surface area contributed by atoms with Crippen molar-refractivity contribution in [2.24, 2.45) is 11.7 Å². The Morgan fingerprint density at radius 3 is 2.05 bits per heavy atom. The van der Waals surface area contributed by atoms with Gasteiger partial charge in [-0.1, -0.05) is 13.8 Å². The average molecular weight is 807 g/mol. The first kappa shape index (κ1) is 46.2. The lowest BCUT2D eigenvalue weighted by Crippen LogP contribution is -2.60. The van der Waals surface area contributed by atoms with Crippen LogP contribution in [-0.4, -0.2) is 146 Å². The van der Waals surface area contributed by atoms with Gasteiger partial charge in [-0.25, -0.2) is 9.78 Å². The van der Waals surface area contributed by atoms with Gasteiger partial charge in [-0.2, -0.15) is 0 Å². The Hall–Kier alpha value is -5.15. The highest BCUT2D eigenvalue weighted by Crippen LogP contribution is 2.21. The molecule has 1 aromatic rings. The number of aliphatic carboxylic acids is 2. The molecule has 21 nitrogen and oxygen atoms in total. The lowest BCUT2D eigenvalue weighted by Gasteiger charge is -2.29. The number of aliphatic hydroxyl groups is 1. The summed E-state index contributed by atoms with van der Waals surface area (Å²) >= 11 is 0. The number of carboxylic acids is 2. The molecule has 2 fully saturated rings. The van der Waals surface area contributed by atoms with Gasteiger partial charge in [0.25, 0.3) is 0 Å². The number of H-pyrrole nitrogens is 1. The molecular weight excluding hydrogens is 748 g/mol. The lowest BCUT2D eigenvalue weighted by atomic mass is 10.0. The van der Waals surface area contributed by atoms with Crippen LogP contribution in [0.1, 0.15) is 83.7 Å². The van der Waals surface area contributed by atoms with Gasteiger partial charge in [0.05, 0.1) is 19.0 Å². The molecule has 2 saturated heterocycles. The second kappa shape index (κ2) is 23.2. The molecule has 0 aliphatic carbocycles. The minimum Gasteiger partial charge on any atom is -0.481 e. The number of rotatable bonds is 24. The number of carboxylic acid groups (broad SMARTS) is 2. The van der Waals surface area contributed by atoms with E-state index in [1.54, 1.807) is 13.8 Å². The highest BCUT2D eigenvalue weighted by atomic mass is 16.4.